The predicted molar refractivity (Wildman–Crippen MR) is 201 cm³/mol. The summed E-state index contributed by atoms with van der Waals surface area (Å²) in [6, 6.07) is 6.66. The molecule has 57 heavy (non-hydrogen) atoms. The van der Waals surface area contributed by atoms with Crippen LogP contribution >= 0.6 is 11.6 Å². The van der Waals surface area contributed by atoms with Crippen LogP contribution < -0.4 is 49.2 Å². The van der Waals surface area contributed by atoms with E-state index in [1.165, 1.54) is 33.6 Å². The van der Waals surface area contributed by atoms with E-state index in [9.17, 15) is 39.5 Å². The fourth-order valence-electron chi connectivity index (χ4n) is 5.89. The number of aromatic hydroxyl groups is 1. The summed E-state index contributed by atoms with van der Waals surface area (Å²) in [7, 11) is -6.90. The predicted octanol–water partition coefficient (Wildman–Crippen LogP) is 0.390. The normalized spacial score (nSPS) is 16.1. The number of ether oxygens (including phenoxy) is 1. The van der Waals surface area contributed by atoms with Crippen LogP contribution in [0, 0.1) is 13.8 Å². The summed E-state index contributed by atoms with van der Waals surface area (Å²) in [6.45, 7) is 4.46. The fourth-order valence-corrected chi connectivity index (χ4v) is 7.48. The number of nitrogens with zero attached hydrogens (tertiary/aromatic N) is 8. The first kappa shape index (κ1) is 48.0. The van der Waals surface area contributed by atoms with Gasteiger partial charge in [0.15, 0.2) is 0 Å². The van der Waals surface area contributed by atoms with Crippen molar-refractivity contribution < 1.29 is 85.1 Å². The monoisotopic (exact) mass is 877 g/mol. The number of nitrogens with two attached hydrogens (primary N) is 1. The molecule has 0 radical (unpaired) electrons. The van der Waals surface area contributed by atoms with Crippen LogP contribution in [-0.4, -0.2) is 132 Å². The van der Waals surface area contributed by atoms with Crippen molar-refractivity contribution in [2.24, 2.45) is 5.14 Å². The SMILES string of the molecule is Cc1cc2c(N3CCCN(S(C)(=O)=O)CC3)ncnc2cc1O.Cc1cc2c(N3CCCN(S(N)(=O)=O)CC3)ncnc2cc1OC(F)F.O=C(O)C(F)(F)Cl.[H-].[Na+]. The van der Waals surface area contributed by atoms with Gasteiger partial charge >= 0.3 is 47.5 Å². The number of aliphatic carboxylic acids is 1. The van der Waals surface area contributed by atoms with Gasteiger partial charge in [-0.3, -0.25) is 0 Å². The van der Waals surface area contributed by atoms with E-state index in [2.05, 4.69) is 41.2 Å². The summed E-state index contributed by atoms with van der Waals surface area (Å²) in [4.78, 5) is 30.2. The molecule has 2 fully saturated rings. The van der Waals surface area contributed by atoms with Gasteiger partial charge in [-0.2, -0.15) is 30.3 Å². The van der Waals surface area contributed by atoms with Crippen molar-refractivity contribution in [3.05, 3.63) is 48.0 Å². The first-order chi connectivity index (χ1) is 26.1. The smallest absolute Gasteiger partial charge is 1.00 e. The number of halogens is 5. The summed E-state index contributed by atoms with van der Waals surface area (Å²) in [5.41, 5.74) is 2.46. The van der Waals surface area contributed by atoms with Crippen LogP contribution in [-0.2, 0) is 25.0 Å². The molecule has 2 saturated heterocycles. The quantitative estimate of drug-likeness (QED) is 0.130. The molecule has 0 spiro atoms. The topological polar surface area (TPSA) is 226 Å². The third-order valence-electron chi connectivity index (χ3n) is 8.64. The number of rotatable bonds is 7. The van der Waals surface area contributed by atoms with Gasteiger partial charge in [0.05, 0.1) is 17.3 Å². The number of anilines is 2. The van der Waals surface area contributed by atoms with E-state index in [1.807, 2.05) is 17.9 Å². The number of alkyl halides is 5. The number of fused-ring (bicyclic) bond motifs is 2. The van der Waals surface area contributed by atoms with Crippen molar-refractivity contribution in [2.75, 3.05) is 68.4 Å². The van der Waals surface area contributed by atoms with Crippen LogP contribution in [0.1, 0.15) is 25.4 Å². The van der Waals surface area contributed by atoms with Gasteiger partial charge < -0.3 is 26.2 Å². The van der Waals surface area contributed by atoms with Crippen molar-refractivity contribution in [1.82, 2.24) is 28.5 Å². The van der Waals surface area contributed by atoms with Crippen molar-refractivity contribution in [2.45, 2.75) is 38.7 Å². The zero-order chi connectivity index (χ0) is 41.6. The number of aromatic nitrogens is 4. The molecule has 0 saturated carbocycles. The van der Waals surface area contributed by atoms with Gasteiger partial charge in [0, 0.05) is 75.3 Å². The molecule has 0 unspecified atom stereocenters. The van der Waals surface area contributed by atoms with E-state index < -0.39 is 38.2 Å². The van der Waals surface area contributed by atoms with Gasteiger partial charge in [0.1, 0.15) is 35.8 Å². The van der Waals surface area contributed by atoms with E-state index in [4.69, 9.17) is 15.0 Å². The Balaban J connectivity index is 0.000000336. The first-order valence-corrected chi connectivity index (χ1v) is 20.5. The van der Waals surface area contributed by atoms with E-state index in [0.717, 1.165) is 29.7 Å². The van der Waals surface area contributed by atoms with Crippen LogP contribution in [0.5, 0.6) is 11.5 Å². The number of benzene rings is 2. The molecule has 0 aliphatic carbocycles. The third kappa shape index (κ3) is 13.3. The average Bonchev–Trinajstić information content (AvgIpc) is 3.51. The largest absolute Gasteiger partial charge is 1.00 e. The summed E-state index contributed by atoms with van der Waals surface area (Å²) in [6.07, 6.45) is 5.41. The summed E-state index contributed by atoms with van der Waals surface area (Å²) < 4.78 is 101. The second kappa shape index (κ2) is 20.0. The zero-order valence-corrected chi connectivity index (χ0v) is 35.7. The Kier molecular flexibility index (Phi) is 16.8. The molecule has 17 nitrogen and oxygen atoms in total. The standard InChI is InChI=1S/C15H19F2N5O3S.C15H20N4O3S.C2HClF2O2.Na.H/c1-10-7-11-12(8-13(10)25-15(16)17)19-9-20-14(11)21-3-2-4-22(6-5-21)26(18,23)24;1-11-8-12-13(9-14(11)20)16-10-17-15(12)18-4-3-5-19(7-6-18)23(2,21)22;3-2(4,5)1(6)7;;/h7-9,15H,2-6H2,1H3,(H2,18,23,24);8-10,20H,3-7H2,1-2H3;(H,6,7);;/q;;;+1;-1. The molecule has 25 heteroatoms. The van der Waals surface area contributed by atoms with Gasteiger partial charge in [0.2, 0.25) is 10.0 Å². The Hall–Kier alpha value is -3.42. The maximum absolute atomic E-state index is 12.5. The molecular formula is C32H41ClF4N9NaO8S2. The van der Waals surface area contributed by atoms with Gasteiger partial charge in [-0.25, -0.2) is 42.6 Å². The molecule has 4 aromatic rings. The number of carboxylic acids is 1. The third-order valence-corrected chi connectivity index (χ3v) is 11.2. The van der Waals surface area contributed by atoms with Crippen molar-refractivity contribution in [1.29, 1.82) is 0 Å². The van der Waals surface area contributed by atoms with E-state index in [1.54, 1.807) is 19.1 Å². The number of phenolic OH excluding ortho intramolecular Hbond substituents is 1. The summed E-state index contributed by atoms with van der Waals surface area (Å²) >= 11 is 3.94. The molecule has 4 heterocycles. The van der Waals surface area contributed by atoms with Crippen LogP contribution in [0.2, 0.25) is 0 Å². The fraction of sp³-hybridized carbons (Fsp3) is 0.469. The Bertz CT molecular complexity index is 2270. The number of carboxylic acid groups (broad SMARTS) is 1. The Morgan fingerprint density at radius 2 is 1.28 bits per heavy atom. The minimum absolute atomic E-state index is 0. The zero-order valence-electron chi connectivity index (χ0n) is 32.3. The summed E-state index contributed by atoms with van der Waals surface area (Å²) in [5.74, 6) is -0.643. The number of carbonyl (C=O) groups is 1. The maximum atomic E-state index is 12.5. The molecule has 0 atom stereocenters. The van der Waals surface area contributed by atoms with Gasteiger partial charge in [-0.15, -0.1) is 0 Å². The van der Waals surface area contributed by atoms with Crippen molar-refractivity contribution in [3.8, 4) is 11.5 Å². The van der Waals surface area contributed by atoms with Crippen LogP contribution in [0.3, 0.4) is 0 Å². The summed E-state index contributed by atoms with van der Waals surface area (Å²) in [5, 5.41) is 19.9. The van der Waals surface area contributed by atoms with Crippen LogP contribution in [0.15, 0.2) is 36.9 Å². The molecule has 0 amide bonds. The van der Waals surface area contributed by atoms with Crippen molar-refractivity contribution >= 4 is 71.2 Å². The minimum Gasteiger partial charge on any atom is -1.00 e. The second-order valence-electron chi connectivity index (χ2n) is 12.7. The first-order valence-electron chi connectivity index (χ1n) is 16.7. The van der Waals surface area contributed by atoms with Gasteiger partial charge in [0.25, 0.3) is 10.2 Å². The van der Waals surface area contributed by atoms with Crippen LogP contribution in [0.4, 0.5) is 29.2 Å². The molecule has 2 aromatic carbocycles. The molecule has 6 rings (SSSR count). The number of sulfonamides is 1. The van der Waals surface area contributed by atoms with Crippen molar-refractivity contribution in [3.63, 3.8) is 0 Å². The van der Waals surface area contributed by atoms with E-state index in [-0.39, 0.29) is 49.0 Å². The number of aryl methyl sites for hydroxylation is 2. The van der Waals surface area contributed by atoms with E-state index in [0.29, 0.717) is 73.5 Å². The minimum atomic E-state index is -4.11. The maximum Gasteiger partial charge on any atom is 1.00 e. The number of phenols is 1. The molecule has 0 bridgehead atoms. The van der Waals surface area contributed by atoms with E-state index >= 15 is 0 Å². The van der Waals surface area contributed by atoms with Crippen LogP contribution in [0.25, 0.3) is 21.8 Å². The van der Waals surface area contributed by atoms with Gasteiger partial charge in [-0.05, 0) is 61.5 Å². The number of hydrogen-bond donors (Lipinski definition) is 3. The molecule has 2 aliphatic heterocycles. The Labute approximate surface area is 354 Å². The molecular weight excluding hydrogens is 837 g/mol. The molecule has 310 valence electrons. The second-order valence-corrected chi connectivity index (χ2v) is 16.7. The molecule has 4 N–H and O–H groups in total. The van der Waals surface area contributed by atoms with Gasteiger partial charge in [-0.1, -0.05) is 0 Å². The molecule has 2 aromatic heterocycles. The average molecular weight is 878 g/mol. The number of hydrogen-bond acceptors (Lipinski definition) is 13. The molecule has 2 aliphatic rings. The Morgan fingerprint density at radius 3 is 1.74 bits per heavy atom. The Morgan fingerprint density at radius 1 is 0.825 bits per heavy atom.